The summed E-state index contributed by atoms with van der Waals surface area (Å²) in [6.45, 7) is 8.70. The third-order valence-corrected chi connectivity index (χ3v) is 5.75. The van der Waals surface area contributed by atoms with E-state index in [9.17, 15) is 14.4 Å². The second-order valence-corrected chi connectivity index (χ2v) is 7.83. The molecule has 0 saturated carbocycles. The minimum absolute atomic E-state index is 0.155. The molecule has 33 heavy (non-hydrogen) atoms. The van der Waals surface area contributed by atoms with E-state index in [4.69, 9.17) is 14.9 Å². The van der Waals surface area contributed by atoms with Crippen LogP contribution >= 0.6 is 0 Å². The zero-order valence-corrected chi connectivity index (χ0v) is 19.8. The Bertz CT molecular complexity index is 1230. The molecule has 0 radical (unpaired) electrons. The predicted octanol–water partition coefficient (Wildman–Crippen LogP) is 4.06. The number of rotatable bonds is 6. The van der Waals surface area contributed by atoms with E-state index >= 15 is 0 Å². The summed E-state index contributed by atoms with van der Waals surface area (Å²) in [5.74, 6) is -0.449. The summed E-state index contributed by atoms with van der Waals surface area (Å²) in [6.07, 6.45) is 0. The molecule has 0 spiro atoms. The van der Waals surface area contributed by atoms with Gasteiger partial charge in [-0.1, -0.05) is 38.1 Å². The van der Waals surface area contributed by atoms with Crippen molar-refractivity contribution < 1.29 is 23.5 Å². The molecule has 0 bridgehead atoms. The summed E-state index contributed by atoms with van der Waals surface area (Å²) in [5, 5.41) is 1.71. The van der Waals surface area contributed by atoms with Gasteiger partial charge < -0.3 is 14.9 Å². The topological polar surface area (TPSA) is 103 Å². The number of esters is 1. The van der Waals surface area contributed by atoms with Crippen molar-refractivity contribution in [2.75, 3.05) is 26.7 Å². The highest BCUT2D eigenvalue weighted by atomic mass is 16.5. The third kappa shape index (κ3) is 4.47. The van der Waals surface area contributed by atoms with Gasteiger partial charge >= 0.3 is 5.97 Å². The normalized spacial score (nSPS) is 12.3. The lowest BCUT2D eigenvalue weighted by atomic mass is 9.83. The number of aryl methyl sites for hydroxylation is 1. The van der Waals surface area contributed by atoms with Gasteiger partial charge in [0.2, 0.25) is 11.6 Å². The van der Waals surface area contributed by atoms with Crippen LogP contribution in [-0.2, 0) is 16.1 Å². The number of likely N-dealkylation sites (N-methyl/N-ethyl adjacent to an activating group) is 1. The van der Waals surface area contributed by atoms with Crippen molar-refractivity contribution in [1.82, 2.24) is 4.90 Å². The summed E-state index contributed by atoms with van der Waals surface area (Å²) >= 11 is 0. The summed E-state index contributed by atoms with van der Waals surface area (Å²) in [7, 11) is 1.86. The highest BCUT2D eigenvalue weighted by Gasteiger charge is 2.37. The predicted molar refractivity (Wildman–Crippen MR) is 127 cm³/mol. The number of Topliss-reactive ketones (excluding diaryl/α,β-unsaturated/α-hetero) is 2. The maximum Gasteiger partial charge on any atom is 0.319 e. The molecule has 1 aliphatic carbocycles. The van der Waals surface area contributed by atoms with Crippen molar-refractivity contribution in [1.29, 1.82) is 0 Å². The smallest absolute Gasteiger partial charge is 0.319 e. The Morgan fingerprint density at radius 1 is 1.03 bits per heavy atom. The van der Waals surface area contributed by atoms with Gasteiger partial charge in [-0.3, -0.25) is 19.3 Å². The molecular weight excluding hydrogens is 420 g/mol. The highest BCUT2D eigenvalue weighted by molar-refractivity contribution is 6.54. The molecule has 0 aliphatic heterocycles. The van der Waals surface area contributed by atoms with E-state index in [-0.39, 0.29) is 13.2 Å². The van der Waals surface area contributed by atoms with Crippen LogP contribution in [0.15, 0.2) is 34.7 Å². The first kappa shape index (κ1) is 24.4. The number of furan rings is 1. The molecule has 1 aliphatic rings. The SMILES string of the molecule is CC.Cc1c(CN(C)CCOC(=O)CN)oc2c1C(=O)C(=O)c1c-2ccc2c(C)cccc12. The van der Waals surface area contributed by atoms with Crippen molar-refractivity contribution in [3.05, 3.63) is 58.3 Å². The van der Waals surface area contributed by atoms with Gasteiger partial charge in [0, 0.05) is 23.2 Å². The van der Waals surface area contributed by atoms with Crippen molar-refractivity contribution in [2.24, 2.45) is 5.73 Å². The number of carbonyl (C=O) groups is 3. The van der Waals surface area contributed by atoms with Crippen molar-refractivity contribution >= 4 is 28.3 Å². The van der Waals surface area contributed by atoms with E-state index in [1.54, 1.807) is 6.92 Å². The average molecular weight is 451 g/mol. The molecular formula is C26H30N2O5. The average Bonchev–Trinajstić information content (AvgIpc) is 3.14. The molecule has 3 aromatic rings. The number of hydrogen-bond donors (Lipinski definition) is 1. The molecule has 2 aromatic carbocycles. The van der Waals surface area contributed by atoms with Crippen LogP contribution in [0.5, 0.6) is 0 Å². The van der Waals surface area contributed by atoms with E-state index in [0.717, 1.165) is 16.3 Å². The second-order valence-electron chi connectivity index (χ2n) is 7.83. The Balaban J connectivity index is 0.00000149. The molecule has 174 valence electrons. The second kappa shape index (κ2) is 10.1. The fraction of sp³-hybridized carbons (Fsp3) is 0.346. The molecule has 0 unspecified atom stereocenters. The summed E-state index contributed by atoms with van der Waals surface area (Å²) in [5.41, 5.74) is 8.32. The number of carbonyl (C=O) groups excluding carboxylic acids is 3. The van der Waals surface area contributed by atoms with Crippen molar-refractivity contribution in [2.45, 2.75) is 34.2 Å². The maximum absolute atomic E-state index is 13.1. The van der Waals surface area contributed by atoms with E-state index in [1.165, 1.54) is 0 Å². The lowest BCUT2D eigenvalue weighted by Gasteiger charge is -2.16. The largest absolute Gasteiger partial charge is 0.463 e. The first-order valence-corrected chi connectivity index (χ1v) is 11.1. The van der Waals surface area contributed by atoms with Gasteiger partial charge in [0.25, 0.3) is 0 Å². The molecule has 1 heterocycles. The van der Waals surface area contributed by atoms with E-state index < -0.39 is 17.5 Å². The zero-order valence-electron chi connectivity index (χ0n) is 19.8. The van der Waals surface area contributed by atoms with Gasteiger partial charge in [-0.15, -0.1) is 0 Å². The highest BCUT2D eigenvalue weighted by Crippen LogP contribution is 2.41. The standard InChI is InChI=1S/C24H24N2O5.C2H6/c1-13-5-4-6-16-15(13)7-8-17-21(16)23(29)22(28)20-14(2)18(31-24(17)20)12-26(3)9-10-30-19(27)11-25;1-2/h4-8H,9-12,25H2,1-3H3;1-2H3. The number of nitrogens with two attached hydrogens (primary N) is 1. The molecule has 7 nitrogen and oxygen atoms in total. The zero-order chi connectivity index (χ0) is 24.3. The summed E-state index contributed by atoms with van der Waals surface area (Å²) in [6, 6.07) is 9.55. The van der Waals surface area contributed by atoms with Crippen LogP contribution in [0.25, 0.3) is 22.1 Å². The fourth-order valence-corrected chi connectivity index (χ4v) is 4.05. The molecule has 4 rings (SSSR count). The number of fused-ring (bicyclic) bond motifs is 5. The summed E-state index contributed by atoms with van der Waals surface area (Å²) in [4.78, 5) is 39.2. The van der Waals surface area contributed by atoms with Crippen LogP contribution in [0, 0.1) is 13.8 Å². The number of hydrogen-bond acceptors (Lipinski definition) is 7. The monoisotopic (exact) mass is 450 g/mol. The van der Waals surface area contributed by atoms with Crippen LogP contribution in [0.2, 0.25) is 0 Å². The number of ether oxygens (including phenoxy) is 1. The first-order valence-electron chi connectivity index (χ1n) is 11.1. The van der Waals surface area contributed by atoms with Gasteiger partial charge in [-0.2, -0.15) is 0 Å². The van der Waals surface area contributed by atoms with Crippen LogP contribution in [0.3, 0.4) is 0 Å². The molecule has 1 aromatic heterocycles. The molecule has 2 N–H and O–H groups in total. The van der Waals surface area contributed by atoms with Crippen molar-refractivity contribution in [3.63, 3.8) is 0 Å². The van der Waals surface area contributed by atoms with Gasteiger partial charge in [0.1, 0.15) is 18.1 Å². The molecule has 0 fully saturated rings. The van der Waals surface area contributed by atoms with E-state index in [0.29, 0.717) is 46.9 Å². The minimum atomic E-state index is -0.538. The fourth-order valence-electron chi connectivity index (χ4n) is 4.05. The summed E-state index contributed by atoms with van der Waals surface area (Å²) < 4.78 is 11.1. The van der Waals surface area contributed by atoms with E-state index in [2.05, 4.69) is 0 Å². The van der Waals surface area contributed by atoms with Crippen LogP contribution in [0.4, 0.5) is 0 Å². The lowest BCUT2D eigenvalue weighted by Crippen LogP contribution is -2.26. The molecule has 0 atom stereocenters. The quantitative estimate of drug-likeness (QED) is 0.446. The van der Waals surface area contributed by atoms with Crippen LogP contribution in [-0.4, -0.2) is 49.2 Å². The Kier molecular flexibility index (Phi) is 7.46. The van der Waals surface area contributed by atoms with Gasteiger partial charge in [-0.25, -0.2) is 0 Å². The molecule has 0 amide bonds. The Morgan fingerprint density at radius 3 is 2.42 bits per heavy atom. The van der Waals surface area contributed by atoms with Gasteiger partial charge in [-0.05, 0) is 43.3 Å². The maximum atomic E-state index is 13.1. The lowest BCUT2D eigenvalue weighted by molar-refractivity contribution is -0.142. The Morgan fingerprint density at radius 2 is 1.73 bits per heavy atom. The van der Waals surface area contributed by atoms with Gasteiger partial charge in [0.15, 0.2) is 0 Å². The number of ketones is 2. The number of nitrogens with zero attached hydrogens (tertiary/aromatic N) is 1. The number of benzene rings is 2. The van der Waals surface area contributed by atoms with Crippen LogP contribution < -0.4 is 5.73 Å². The Labute approximate surface area is 193 Å². The first-order chi connectivity index (χ1) is 15.8. The molecule has 0 saturated heterocycles. The van der Waals surface area contributed by atoms with Crippen molar-refractivity contribution in [3.8, 4) is 11.3 Å². The van der Waals surface area contributed by atoms with Gasteiger partial charge in [0.05, 0.1) is 18.7 Å². The molecule has 7 heteroatoms. The minimum Gasteiger partial charge on any atom is -0.463 e. The van der Waals surface area contributed by atoms with E-state index in [1.807, 2.05) is 63.1 Å². The van der Waals surface area contributed by atoms with Crippen LogP contribution in [0.1, 0.15) is 51.5 Å². The Hall–Kier alpha value is -3.29. The third-order valence-electron chi connectivity index (χ3n) is 5.75.